The molecule has 14 heteroatoms. The first-order valence-electron chi connectivity index (χ1n) is 12.5. The van der Waals surface area contributed by atoms with Crippen LogP contribution >= 0.6 is 0 Å². The van der Waals surface area contributed by atoms with Gasteiger partial charge in [0.25, 0.3) is 20.0 Å². The van der Waals surface area contributed by atoms with Crippen molar-refractivity contribution in [2.45, 2.75) is 16.2 Å². The van der Waals surface area contributed by atoms with Crippen LogP contribution in [0.3, 0.4) is 0 Å². The third kappa shape index (κ3) is 7.09. The smallest absolute Gasteiger partial charge is 0.261 e. The standard InChI is InChI=1S/C29H28F2N2O8S2/c1-38-26-14-18(24(16-28(26)40-3)32-42(34,35)22-9-5-20(30)6-10-22)13-19-15-27(39-2)29(41-4)17-25(19)33-43(36,37)23-11-7-21(31)8-12-23/h5-12,14-17,32-33H,13H2,1-4H3. The van der Waals surface area contributed by atoms with Crippen molar-refractivity contribution in [3.63, 3.8) is 0 Å². The number of hydrogen-bond acceptors (Lipinski definition) is 8. The molecule has 4 rings (SSSR count). The van der Waals surface area contributed by atoms with Gasteiger partial charge < -0.3 is 18.9 Å². The van der Waals surface area contributed by atoms with Gasteiger partial charge in [0.15, 0.2) is 23.0 Å². The Bertz CT molecular complexity index is 1700. The summed E-state index contributed by atoms with van der Waals surface area (Å²) in [6.07, 6.45) is -0.0523. The van der Waals surface area contributed by atoms with Crippen molar-refractivity contribution in [2.75, 3.05) is 37.9 Å². The van der Waals surface area contributed by atoms with E-state index >= 15 is 0 Å². The molecule has 0 unspecified atom stereocenters. The lowest BCUT2D eigenvalue weighted by molar-refractivity contribution is 0.354. The first-order chi connectivity index (χ1) is 20.4. The Labute approximate surface area is 248 Å². The van der Waals surface area contributed by atoms with Gasteiger partial charge in [0.05, 0.1) is 49.6 Å². The first-order valence-corrected chi connectivity index (χ1v) is 15.4. The zero-order valence-corrected chi connectivity index (χ0v) is 25.1. The van der Waals surface area contributed by atoms with E-state index in [4.69, 9.17) is 18.9 Å². The van der Waals surface area contributed by atoms with Crippen LogP contribution in [-0.4, -0.2) is 45.3 Å². The number of sulfonamides is 2. The molecule has 43 heavy (non-hydrogen) atoms. The van der Waals surface area contributed by atoms with E-state index in [1.807, 2.05) is 0 Å². The molecular weight excluding hydrogens is 606 g/mol. The Morgan fingerprint density at radius 1 is 0.535 bits per heavy atom. The Morgan fingerprint density at radius 2 is 0.837 bits per heavy atom. The van der Waals surface area contributed by atoms with Crippen molar-refractivity contribution in [1.29, 1.82) is 0 Å². The third-order valence-electron chi connectivity index (χ3n) is 6.34. The minimum absolute atomic E-state index is 0.0523. The largest absolute Gasteiger partial charge is 0.493 e. The van der Waals surface area contributed by atoms with Crippen LogP contribution in [0.1, 0.15) is 11.1 Å². The number of benzene rings is 4. The predicted molar refractivity (Wildman–Crippen MR) is 156 cm³/mol. The molecule has 0 heterocycles. The van der Waals surface area contributed by atoms with Crippen molar-refractivity contribution in [3.8, 4) is 23.0 Å². The summed E-state index contributed by atoms with van der Waals surface area (Å²) in [4.78, 5) is -0.373. The summed E-state index contributed by atoms with van der Waals surface area (Å²) in [7, 11) is -2.81. The molecule has 2 N–H and O–H groups in total. The average molecular weight is 635 g/mol. The molecule has 0 radical (unpaired) electrons. The fraction of sp³-hybridized carbons (Fsp3) is 0.172. The van der Waals surface area contributed by atoms with Crippen molar-refractivity contribution in [1.82, 2.24) is 0 Å². The lowest BCUT2D eigenvalue weighted by atomic mass is 10.0. The molecule has 0 amide bonds. The van der Waals surface area contributed by atoms with Gasteiger partial charge in [0, 0.05) is 18.6 Å². The second-order valence-corrected chi connectivity index (χ2v) is 12.4. The van der Waals surface area contributed by atoms with Gasteiger partial charge in [0.2, 0.25) is 0 Å². The molecule has 0 aliphatic rings. The Kier molecular flexibility index (Phi) is 9.30. The van der Waals surface area contributed by atoms with E-state index in [0.29, 0.717) is 11.1 Å². The summed E-state index contributed by atoms with van der Waals surface area (Å²) in [5.41, 5.74) is 0.892. The van der Waals surface area contributed by atoms with E-state index < -0.39 is 31.7 Å². The SMILES string of the molecule is COc1cc(Cc2cc(OC)c(OC)cc2NS(=O)(=O)c2ccc(F)cc2)c(NS(=O)(=O)c2ccc(F)cc2)cc1OC. The van der Waals surface area contributed by atoms with E-state index in [9.17, 15) is 25.6 Å². The average Bonchev–Trinajstić information content (AvgIpc) is 2.98. The number of nitrogens with one attached hydrogen (secondary N) is 2. The molecule has 0 saturated heterocycles. The van der Waals surface area contributed by atoms with E-state index in [2.05, 4.69) is 9.44 Å². The van der Waals surface area contributed by atoms with Gasteiger partial charge in [-0.05, 0) is 71.8 Å². The summed E-state index contributed by atoms with van der Waals surface area (Å²) in [6, 6.07) is 14.5. The molecule has 0 saturated carbocycles. The number of methoxy groups -OCH3 is 4. The summed E-state index contributed by atoms with van der Waals surface area (Å²) in [5, 5.41) is 0. The quantitative estimate of drug-likeness (QED) is 0.218. The summed E-state index contributed by atoms with van der Waals surface area (Å²) in [6.45, 7) is 0. The molecular formula is C29H28F2N2O8S2. The normalized spacial score (nSPS) is 11.5. The zero-order valence-electron chi connectivity index (χ0n) is 23.5. The molecule has 0 atom stereocenters. The minimum Gasteiger partial charge on any atom is -0.493 e. The van der Waals surface area contributed by atoms with Crippen LogP contribution in [-0.2, 0) is 26.5 Å². The van der Waals surface area contributed by atoms with Gasteiger partial charge in [-0.1, -0.05) is 0 Å². The number of hydrogen-bond donors (Lipinski definition) is 2. The van der Waals surface area contributed by atoms with Gasteiger partial charge in [-0.25, -0.2) is 25.6 Å². The van der Waals surface area contributed by atoms with Crippen LogP contribution in [0, 0.1) is 11.6 Å². The summed E-state index contributed by atoms with van der Waals surface area (Å²) < 4.78 is 106. The number of anilines is 2. The molecule has 0 bridgehead atoms. The number of rotatable bonds is 12. The number of halogens is 2. The van der Waals surface area contributed by atoms with Crippen LogP contribution in [0.2, 0.25) is 0 Å². The van der Waals surface area contributed by atoms with Crippen molar-refractivity contribution in [3.05, 3.63) is 95.6 Å². The first kappa shape index (κ1) is 31.4. The fourth-order valence-corrected chi connectivity index (χ4v) is 6.35. The van der Waals surface area contributed by atoms with Crippen LogP contribution in [0.5, 0.6) is 23.0 Å². The molecule has 0 aliphatic carbocycles. The van der Waals surface area contributed by atoms with E-state index in [-0.39, 0.29) is 50.6 Å². The summed E-state index contributed by atoms with van der Waals surface area (Å²) in [5.74, 6) is -0.225. The lowest BCUT2D eigenvalue weighted by Crippen LogP contribution is -2.16. The molecule has 0 aromatic heterocycles. The van der Waals surface area contributed by atoms with Crippen LogP contribution in [0.25, 0.3) is 0 Å². The minimum atomic E-state index is -4.19. The van der Waals surface area contributed by atoms with Gasteiger partial charge >= 0.3 is 0 Å². The molecule has 0 aliphatic heterocycles. The maximum Gasteiger partial charge on any atom is 0.261 e. The van der Waals surface area contributed by atoms with Gasteiger partial charge in [-0.15, -0.1) is 0 Å². The molecule has 0 spiro atoms. The topological polar surface area (TPSA) is 129 Å². The molecule has 4 aromatic carbocycles. The Hall–Kier alpha value is -4.56. The molecule has 10 nitrogen and oxygen atoms in total. The Morgan fingerprint density at radius 3 is 1.14 bits per heavy atom. The highest BCUT2D eigenvalue weighted by Gasteiger charge is 2.23. The van der Waals surface area contributed by atoms with Crippen molar-refractivity contribution in [2.24, 2.45) is 0 Å². The van der Waals surface area contributed by atoms with Crippen LogP contribution in [0.15, 0.2) is 82.6 Å². The molecule has 4 aromatic rings. The monoisotopic (exact) mass is 634 g/mol. The van der Waals surface area contributed by atoms with E-state index in [0.717, 1.165) is 48.5 Å². The highest BCUT2D eigenvalue weighted by molar-refractivity contribution is 7.93. The van der Waals surface area contributed by atoms with Crippen molar-refractivity contribution >= 4 is 31.4 Å². The molecule has 0 fully saturated rings. The maximum absolute atomic E-state index is 13.5. The van der Waals surface area contributed by atoms with E-state index in [1.165, 1.54) is 52.7 Å². The zero-order chi connectivity index (χ0) is 31.4. The van der Waals surface area contributed by atoms with Crippen molar-refractivity contribution < 1.29 is 44.6 Å². The summed E-state index contributed by atoms with van der Waals surface area (Å²) >= 11 is 0. The third-order valence-corrected chi connectivity index (χ3v) is 9.10. The molecule has 228 valence electrons. The Balaban J connectivity index is 1.84. The predicted octanol–water partition coefficient (Wildman–Crippen LogP) is 5.19. The number of ether oxygens (including phenoxy) is 4. The second kappa shape index (κ2) is 12.8. The van der Waals surface area contributed by atoms with Gasteiger partial charge in [-0.3, -0.25) is 9.44 Å². The van der Waals surface area contributed by atoms with Crippen LogP contribution in [0.4, 0.5) is 20.2 Å². The highest BCUT2D eigenvalue weighted by atomic mass is 32.2. The lowest BCUT2D eigenvalue weighted by Gasteiger charge is -2.20. The maximum atomic E-state index is 13.5. The highest BCUT2D eigenvalue weighted by Crippen LogP contribution is 2.39. The fourth-order valence-electron chi connectivity index (χ4n) is 4.16. The van der Waals surface area contributed by atoms with Crippen LogP contribution < -0.4 is 28.4 Å². The van der Waals surface area contributed by atoms with E-state index in [1.54, 1.807) is 0 Å². The second-order valence-electron chi connectivity index (χ2n) is 9.02. The van der Waals surface area contributed by atoms with Gasteiger partial charge in [-0.2, -0.15) is 0 Å². The van der Waals surface area contributed by atoms with Gasteiger partial charge in [0.1, 0.15) is 11.6 Å².